The number of nitrogens with zero attached hydrogens (tertiary/aromatic N) is 3. The first kappa shape index (κ1) is 19.9. The van der Waals surface area contributed by atoms with E-state index in [9.17, 15) is 9.18 Å². The van der Waals surface area contributed by atoms with Crippen LogP contribution < -0.4 is 10.1 Å². The molecule has 1 N–H and O–H groups in total. The fourth-order valence-corrected chi connectivity index (χ4v) is 3.25. The number of amides is 1. The number of thioether (sulfide) groups is 1. The van der Waals surface area contributed by atoms with Crippen LogP contribution in [0, 0.1) is 5.82 Å². The van der Waals surface area contributed by atoms with Gasteiger partial charge in [-0.05, 0) is 36.8 Å². The molecule has 0 saturated carbocycles. The summed E-state index contributed by atoms with van der Waals surface area (Å²) in [5.74, 6) is 1.01. The molecule has 1 amide bonds. The molecule has 28 heavy (non-hydrogen) atoms. The third-order valence-corrected chi connectivity index (χ3v) is 5.14. The molecular formula is C20H21FN4O2S. The van der Waals surface area contributed by atoms with Gasteiger partial charge in [-0.2, -0.15) is 0 Å². The number of aromatic nitrogens is 3. The van der Waals surface area contributed by atoms with E-state index >= 15 is 0 Å². The van der Waals surface area contributed by atoms with E-state index in [0.29, 0.717) is 16.7 Å². The lowest BCUT2D eigenvalue weighted by Gasteiger charge is -2.14. The van der Waals surface area contributed by atoms with Crippen LogP contribution in [0.3, 0.4) is 0 Å². The summed E-state index contributed by atoms with van der Waals surface area (Å²) in [6.45, 7) is 2.15. The fraction of sp³-hybridized carbons (Fsp3) is 0.250. The number of nitrogens with one attached hydrogen (secondary N) is 1. The summed E-state index contributed by atoms with van der Waals surface area (Å²) in [6, 6.07) is 15.5. The molecule has 0 saturated heterocycles. The zero-order valence-corrected chi connectivity index (χ0v) is 16.4. The van der Waals surface area contributed by atoms with E-state index in [1.807, 2.05) is 44.3 Å². The quantitative estimate of drug-likeness (QED) is 0.586. The van der Waals surface area contributed by atoms with Crippen LogP contribution in [-0.2, 0) is 18.4 Å². The fourth-order valence-electron chi connectivity index (χ4n) is 2.51. The lowest BCUT2D eigenvalue weighted by molar-refractivity contribution is -0.119. The molecule has 8 heteroatoms. The molecule has 1 unspecified atom stereocenters. The number of ether oxygens (including phenoxy) is 1. The van der Waals surface area contributed by atoms with Crippen molar-refractivity contribution in [2.45, 2.75) is 24.7 Å². The van der Waals surface area contributed by atoms with Crippen LogP contribution in [0.25, 0.3) is 0 Å². The molecule has 0 fully saturated rings. The van der Waals surface area contributed by atoms with Crippen molar-refractivity contribution in [3.63, 3.8) is 0 Å². The average molecular weight is 400 g/mol. The summed E-state index contributed by atoms with van der Waals surface area (Å²) >= 11 is 1.31. The molecule has 3 rings (SSSR count). The van der Waals surface area contributed by atoms with E-state index < -0.39 is 0 Å². The third-order valence-electron chi connectivity index (χ3n) is 4.12. The number of carbonyl (C=O) groups is 1. The monoisotopic (exact) mass is 400 g/mol. The van der Waals surface area contributed by atoms with Crippen molar-refractivity contribution in [3.05, 3.63) is 71.8 Å². The van der Waals surface area contributed by atoms with E-state index in [0.717, 1.165) is 5.56 Å². The molecule has 0 bridgehead atoms. The predicted molar refractivity (Wildman–Crippen MR) is 105 cm³/mol. The highest BCUT2D eigenvalue weighted by Gasteiger charge is 2.14. The van der Waals surface area contributed by atoms with E-state index in [1.54, 1.807) is 16.7 Å². The summed E-state index contributed by atoms with van der Waals surface area (Å²) in [4.78, 5) is 12.2. The Labute approximate surface area is 167 Å². The van der Waals surface area contributed by atoms with Gasteiger partial charge in [-0.25, -0.2) is 4.39 Å². The van der Waals surface area contributed by atoms with Crippen LogP contribution >= 0.6 is 11.8 Å². The van der Waals surface area contributed by atoms with Gasteiger partial charge in [-0.15, -0.1) is 10.2 Å². The van der Waals surface area contributed by atoms with Crippen LogP contribution in [-0.4, -0.2) is 26.4 Å². The van der Waals surface area contributed by atoms with Crippen LogP contribution in [0.1, 0.15) is 24.4 Å². The van der Waals surface area contributed by atoms with Gasteiger partial charge in [0.15, 0.2) is 11.0 Å². The molecule has 1 atom stereocenters. The van der Waals surface area contributed by atoms with E-state index in [1.165, 1.54) is 23.9 Å². The third kappa shape index (κ3) is 5.32. The highest BCUT2D eigenvalue weighted by molar-refractivity contribution is 7.99. The topological polar surface area (TPSA) is 69.0 Å². The van der Waals surface area contributed by atoms with Crippen LogP contribution in [0.2, 0.25) is 0 Å². The minimum absolute atomic E-state index is 0.0616. The van der Waals surface area contributed by atoms with Crippen LogP contribution in [0.5, 0.6) is 5.75 Å². The second-order valence-electron chi connectivity index (χ2n) is 6.19. The van der Waals surface area contributed by atoms with Gasteiger partial charge in [-0.3, -0.25) is 4.79 Å². The van der Waals surface area contributed by atoms with Crippen LogP contribution in [0.4, 0.5) is 4.39 Å². The van der Waals surface area contributed by atoms with Gasteiger partial charge in [0.2, 0.25) is 5.91 Å². The van der Waals surface area contributed by atoms with Crippen molar-refractivity contribution in [3.8, 4) is 5.75 Å². The van der Waals surface area contributed by atoms with Crippen molar-refractivity contribution in [1.82, 2.24) is 20.1 Å². The Morgan fingerprint density at radius 1 is 1.18 bits per heavy atom. The molecule has 0 aliphatic rings. The molecular weight excluding hydrogens is 379 g/mol. The van der Waals surface area contributed by atoms with E-state index in [2.05, 4.69) is 15.5 Å². The summed E-state index contributed by atoms with van der Waals surface area (Å²) in [6.07, 6.45) is 0. The largest absolute Gasteiger partial charge is 0.486 e. The summed E-state index contributed by atoms with van der Waals surface area (Å²) in [7, 11) is 1.82. The number of rotatable bonds is 8. The number of halogens is 1. The van der Waals surface area contributed by atoms with E-state index in [-0.39, 0.29) is 30.1 Å². The van der Waals surface area contributed by atoms with Crippen molar-refractivity contribution < 1.29 is 13.9 Å². The molecule has 0 spiro atoms. The number of carbonyl (C=O) groups excluding carboxylic acids is 1. The van der Waals surface area contributed by atoms with Crippen LogP contribution in [0.15, 0.2) is 59.8 Å². The first-order valence-electron chi connectivity index (χ1n) is 8.76. The molecule has 1 aromatic heterocycles. The Morgan fingerprint density at radius 3 is 2.61 bits per heavy atom. The Kier molecular flexibility index (Phi) is 6.65. The molecule has 146 valence electrons. The van der Waals surface area contributed by atoms with Gasteiger partial charge < -0.3 is 14.6 Å². The molecule has 0 aliphatic heterocycles. The number of benzene rings is 2. The molecule has 0 aliphatic carbocycles. The maximum atomic E-state index is 12.9. The minimum atomic E-state index is -0.315. The Bertz CT molecular complexity index is 916. The lowest BCUT2D eigenvalue weighted by atomic mass is 10.1. The van der Waals surface area contributed by atoms with Gasteiger partial charge in [0, 0.05) is 7.05 Å². The van der Waals surface area contributed by atoms with Gasteiger partial charge in [-0.1, -0.05) is 42.1 Å². The summed E-state index contributed by atoms with van der Waals surface area (Å²) < 4.78 is 20.3. The summed E-state index contributed by atoms with van der Waals surface area (Å²) in [5, 5.41) is 11.8. The van der Waals surface area contributed by atoms with Gasteiger partial charge in [0.1, 0.15) is 18.2 Å². The molecule has 6 nitrogen and oxygen atoms in total. The maximum Gasteiger partial charge on any atom is 0.230 e. The highest BCUT2D eigenvalue weighted by Crippen LogP contribution is 2.18. The SMILES string of the molecule is CC(NC(=O)CSc1nnc(COc2ccc(F)cc2)n1C)c1ccccc1. The molecule has 0 radical (unpaired) electrons. The number of hydrogen-bond donors (Lipinski definition) is 1. The molecule has 2 aromatic carbocycles. The van der Waals surface area contributed by atoms with Crippen molar-refractivity contribution in [2.75, 3.05) is 5.75 Å². The summed E-state index contributed by atoms with van der Waals surface area (Å²) in [5.41, 5.74) is 1.06. The Balaban J connectivity index is 1.49. The van der Waals surface area contributed by atoms with Crippen molar-refractivity contribution in [1.29, 1.82) is 0 Å². The smallest absolute Gasteiger partial charge is 0.230 e. The average Bonchev–Trinajstić information content (AvgIpc) is 3.06. The lowest BCUT2D eigenvalue weighted by Crippen LogP contribution is -2.28. The zero-order chi connectivity index (χ0) is 19.9. The minimum Gasteiger partial charge on any atom is -0.486 e. The molecule has 1 heterocycles. The van der Waals surface area contributed by atoms with Gasteiger partial charge >= 0.3 is 0 Å². The first-order chi connectivity index (χ1) is 13.5. The zero-order valence-electron chi connectivity index (χ0n) is 15.6. The Hall–Kier alpha value is -2.87. The maximum absolute atomic E-state index is 12.9. The Morgan fingerprint density at radius 2 is 1.89 bits per heavy atom. The van der Waals surface area contributed by atoms with Gasteiger partial charge in [0.25, 0.3) is 0 Å². The second kappa shape index (κ2) is 9.36. The van der Waals surface area contributed by atoms with Crippen molar-refractivity contribution >= 4 is 17.7 Å². The predicted octanol–water partition coefficient (Wildman–Crippen LogP) is 3.50. The standard InChI is InChI=1S/C20H21FN4O2S/c1-14(15-6-4-3-5-7-15)22-19(26)13-28-20-24-23-18(25(20)2)12-27-17-10-8-16(21)9-11-17/h3-11,14H,12-13H2,1-2H3,(H,22,26). The molecule has 3 aromatic rings. The normalized spacial score (nSPS) is 11.8. The highest BCUT2D eigenvalue weighted by atomic mass is 32.2. The van der Waals surface area contributed by atoms with Crippen molar-refractivity contribution in [2.24, 2.45) is 7.05 Å². The van der Waals surface area contributed by atoms with Gasteiger partial charge in [0.05, 0.1) is 11.8 Å². The number of hydrogen-bond acceptors (Lipinski definition) is 5. The van der Waals surface area contributed by atoms with E-state index in [4.69, 9.17) is 4.74 Å². The first-order valence-corrected chi connectivity index (χ1v) is 9.75. The second-order valence-corrected chi connectivity index (χ2v) is 7.13.